The summed E-state index contributed by atoms with van der Waals surface area (Å²) in [5.74, 6) is 0. The molecule has 1 aromatic carbocycles. The maximum absolute atomic E-state index is 11.4. The summed E-state index contributed by atoms with van der Waals surface area (Å²) < 4.78 is 28.1. The molecule has 0 saturated carbocycles. The van der Waals surface area contributed by atoms with Crippen LogP contribution in [0.2, 0.25) is 0 Å². The second kappa shape index (κ2) is 4.75. The number of nitrogens with zero attached hydrogens (tertiary/aromatic N) is 1. The highest BCUT2D eigenvalue weighted by Crippen LogP contribution is 2.28. The number of hydrogen-bond donors (Lipinski definition) is 2. The van der Waals surface area contributed by atoms with Crippen molar-refractivity contribution in [2.45, 2.75) is 17.9 Å². The zero-order chi connectivity index (χ0) is 13.3. The highest BCUT2D eigenvalue weighted by Gasteiger charge is 2.22. The highest BCUT2D eigenvalue weighted by atomic mass is 32.2. The molecule has 0 amide bonds. The Hall–Kier alpha value is -1.31. The van der Waals surface area contributed by atoms with E-state index < -0.39 is 10.0 Å². The lowest BCUT2D eigenvalue weighted by atomic mass is 10.2. The third kappa shape index (κ3) is 2.58. The third-order valence-corrected chi connectivity index (χ3v) is 3.92. The lowest BCUT2D eigenvalue weighted by molar-refractivity contribution is 0.0990. The molecule has 1 unspecified atom stereocenters. The summed E-state index contributed by atoms with van der Waals surface area (Å²) >= 11 is 0. The molecular weight excluding hydrogens is 254 g/mol. The topological polar surface area (TPSA) is 98.6 Å². The molecule has 7 heteroatoms. The molecule has 4 N–H and O–H groups in total. The van der Waals surface area contributed by atoms with E-state index in [1.807, 2.05) is 11.8 Å². The van der Waals surface area contributed by atoms with Gasteiger partial charge in [0.25, 0.3) is 0 Å². The molecule has 1 atom stereocenters. The van der Waals surface area contributed by atoms with Crippen molar-refractivity contribution in [1.29, 1.82) is 0 Å². The van der Waals surface area contributed by atoms with Gasteiger partial charge in [0.15, 0.2) is 0 Å². The Bertz CT molecular complexity index is 544. The van der Waals surface area contributed by atoms with Crippen LogP contribution >= 0.6 is 0 Å². The fourth-order valence-corrected chi connectivity index (χ4v) is 2.57. The summed E-state index contributed by atoms with van der Waals surface area (Å²) in [6, 6.07) is 4.65. The van der Waals surface area contributed by atoms with E-state index in [-0.39, 0.29) is 10.9 Å². The van der Waals surface area contributed by atoms with E-state index in [1.165, 1.54) is 12.1 Å². The number of anilines is 2. The molecule has 0 spiro atoms. The minimum atomic E-state index is -3.71. The van der Waals surface area contributed by atoms with Gasteiger partial charge in [0.1, 0.15) is 0 Å². The molecule has 2 rings (SSSR count). The lowest BCUT2D eigenvalue weighted by Gasteiger charge is -2.36. The number of nitrogen functional groups attached to an aromatic ring is 1. The van der Waals surface area contributed by atoms with E-state index in [0.29, 0.717) is 31.1 Å². The summed E-state index contributed by atoms with van der Waals surface area (Å²) in [6.07, 6.45) is 0. The van der Waals surface area contributed by atoms with Gasteiger partial charge in [-0.1, -0.05) is 0 Å². The summed E-state index contributed by atoms with van der Waals surface area (Å²) in [4.78, 5) is 2.11. The first-order chi connectivity index (χ1) is 8.39. The summed E-state index contributed by atoms with van der Waals surface area (Å²) in [7, 11) is -3.71. The van der Waals surface area contributed by atoms with Gasteiger partial charge >= 0.3 is 0 Å². The molecule has 18 heavy (non-hydrogen) atoms. The monoisotopic (exact) mass is 271 g/mol. The van der Waals surface area contributed by atoms with Gasteiger partial charge in [-0.05, 0) is 25.1 Å². The number of nitrogens with two attached hydrogens (primary N) is 2. The quantitative estimate of drug-likeness (QED) is 0.746. The number of primary sulfonamides is 1. The average Bonchev–Trinajstić information content (AvgIpc) is 2.29. The molecule has 1 saturated heterocycles. The number of hydrogen-bond acceptors (Lipinski definition) is 5. The first-order valence-corrected chi connectivity index (χ1v) is 7.21. The Morgan fingerprint density at radius 2 is 2.17 bits per heavy atom. The number of benzene rings is 1. The van der Waals surface area contributed by atoms with Crippen molar-refractivity contribution in [3.8, 4) is 0 Å². The second-order valence-corrected chi connectivity index (χ2v) is 5.94. The van der Waals surface area contributed by atoms with Crippen LogP contribution in [0.3, 0.4) is 0 Å². The minimum absolute atomic E-state index is 0.0744. The van der Waals surface area contributed by atoms with E-state index in [9.17, 15) is 8.42 Å². The largest absolute Gasteiger partial charge is 0.397 e. The zero-order valence-corrected chi connectivity index (χ0v) is 11.0. The van der Waals surface area contributed by atoms with Crippen LogP contribution in [0.25, 0.3) is 0 Å². The summed E-state index contributed by atoms with van der Waals surface area (Å²) in [6.45, 7) is 3.88. The second-order valence-electron chi connectivity index (χ2n) is 4.38. The smallest absolute Gasteiger partial charge is 0.238 e. The normalized spacial score (nSPS) is 21.0. The maximum Gasteiger partial charge on any atom is 0.238 e. The van der Waals surface area contributed by atoms with Crippen LogP contribution < -0.4 is 15.8 Å². The van der Waals surface area contributed by atoms with Gasteiger partial charge in [-0.25, -0.2) is 13.6 Å². The van der Waals surface area contributed by atoms with E-state index >= 15 is 0 Å². The Balaban J connectivity index is 2.43. The Morgan fingerprint density at radius 1 is 1.44 bits per heavy atom. The van der Waals surface area contributed by atoms with Crippen molar-refractivity contribution in [1.82, 2.24) is 0 Å². The molecule has 1 heterocycles. The number of sulfonamides is 1. The SMILES string of the molecule is CC1COCCN1c1cc(S(N)(=O)=O)ccc1N. The number of morpholine rings is 1. The first-order valence-electron chi connectivity index (χ1n) is 5.66. The number of ether oxygens (including phenoxy) is 1. The van der Waals surface area contributed by atoms with Crippen molar-refractivity contribution in [2.24, 2.45) is 5.14 Å². The molecule has 100 valence electrons. The standard InChI is InChI=1S/C11H17N3O3S/c1-8-7-17-5-4-14(8)11-6-9(18(13,15)16)2-3-10(11)12/h2-3,6,8H,4-5,7,12H2,1H3,(H2,13,15,16). The highest BCUT2D eigenvalue weighted by molar-refractivity contribution is 7.89. The van der Waals surface area contributed by atoms with Crippen LogP contribution in [0.5, 0.6) is 0 Å². The van der Waals surface area contributed by atoms with Crippen molar-refractivity contribution in [3.05, 3.63) is 18.2 Å². The molecule has 0 bridgehead atoms. The van der Waals surface area contributed by atoms with Gasteiger partial charge < -0.3 is 15.4 Å². The van der Waals surface area contributed by atoms with Crippen LogP contribution in [0.4, 0.5) is 11.4 Å². The molecule has 1 aliphatic heterocycles. The molecular formula is C11H17N3O3S. The van der Waals surface area contributed by atoms with Crippen molar-refractivity contribution in [2.75, 3.05) is 30.4 Å². The summed E-state index contributed by atoms with van der Waals surface area (Å²) in [5, 5.41) is 5.13. The molecule has 1 fully saturated rings. The van der Waals surface area contributed by atoms with Gasteiger partial charge in [-0.15, -0.1) is 0 Å². The molecule has 6 nitrogen and oxygen atoms in total. The Labute approximate surface area is 107 Å². The van der Waals surface area contributed by atoms with Crippen LogP contribution in [0, 0.1) is 0 Å². The van der Waals surface area contributed by atoms with E-state index in [0.717, 1.165) is 0 Å². The van der Waals surface area contributed by atoms with Crippen LogP contribution in [-0.2, 0) is 14.8 Å². The maximum atomic E-state index is 11.4. The van der Waals surface area contributed by atoms with Crippen LogP contribution in [0.1, 0.15) is 6.92 Å². The molecule has 0 aliphatic carbocycles. The van der Waals surface area contributed by atoms with Gasteiger partial charge in [0.2, 0.25) is 10.0 Å². The van der Waals surface area contributed by atoms with Gasteiger partial charge in [-0.3, -0.25) is 0 Å². The molecule has 1 aromatic rings. The molecule has 1 aliphatic rings. The van der Waals surface area contributed by atoms with Gasteiger partial charge in [0.05, 0.1) is 29.5 Å². The van der Waals surface area contributed by atoms with Crippen molar-refractivity contribution >= 4 is 21.4 Å². The lowest BCUT2D eigenvalue weighted by Crippen LogP contribution is -2.44. The minimum Gasteiger partial charge on any atom is -0.397 e. The van der Waals surface area contributed by atoms with Crippen molar-refractivity contribution < 1.29 is 13.2 Å². The number of rotatable bonds is 2. The molecule has 0 radical (unpaired) electrons. The van der Waals surface area contributed by atoms with E-state index in [4.69, 9.17) is 15.6 Å². The fourth-order valence-electron chi connectivity index (χ4n) is 2.03. The third-order valence-electron chi connectivity index (χ3n) is 3.01. The predicted octanol–water partition coefficient (Wildman–Crippen LogP) is 0.141. The predicted molar refractivity (Wildman–Crippen MR) is 69.9 cm³/mol. The Kier molecular flexibility index (Phi) is 3.47. The summed E-state index contributed by atoms with van der Waals surface area (Å²) in [5.41, 5.74) is 7.14. The van der Waals surface area contributed by atoms with Crippen LogP contribution in [0.15, 0.2) is 23.1 Å². The fraction of sp³-hybridized carbons (Fsp3) is 0.455. The molecule has 0 aromatic heterocycles. The van der Waals surface area contributed by atoms with Gasteiger partial charge in [-0.2, -0.15) is 0 Å². The first kappa shape index (κ1) is 13.1. The van der Waals surface area contributed by atoms with E-state index in [2.05, 4.69) is 0 Å². The zero-order valence-electron chi connectivity index (χ0n) is 10.2. The van der Waals surface area contributed by atoms with Gasteiger partial charge in [0, 0.05) is 12.6 Å². The van der Waals surface area contributed by atoms with E-state index in [1.54, 1.807) is 6.07 Å². The van der Waals surface area contributed by atoms with Crippen LogP contribution in [-0.4, -0.2) is 34.2 Å². The van der Waals surface area contributed by atoms with Crippen molar-refractivity contribution in [3.63, 3.8) is 0 Å². The Morgan fingerprint density at radius 3 is 2.78 bits per heavy atom. The average molecular weight is 271 g/mol.